The Hall–Kier alpha value is -1.82. The van der Waals surface area contributed by atoms with Crippen LogP contribution in [0, 0.1) is 12.5 Å². The molecule has 0 saturated heterocycles. The van der Waals surface area contributed by atoms with Gasteiger partial charge in [0.05, 0.1) is 0 Å². The van der Waals surface area contributed by atoms with E-state index in [-0.39, 0.29) is 0 Å². The van der Waals surface area contributed by atoms with Crippen molar-refractivity contribution in [2.24, 2.45) is 0 Å². The molecule has 0 saturated carbocycles. The minimum Gasteiger partial charge on any atom is -0.0755 e. The van der Waals surface area contributed by atoms with Crippen LogP contribution in [-0.4, -0.2) is 0 Å². The van der Waals surface area contributed by atoms with Crippen LogP contribution >= 0.6 is 0 Å². The van der Waals surface area contributed by atoms with Crippen LogP contribution < -0.4 is 0 Å². The monoisotopic (exact) mass is 234 g/mol. The lowest BCUT2D eigenvalue weighted by atomic mass is 10.1. The highest BCUT2D eigenvalue weighted by atomic mass is 14.0. The molecule has 18 heavy (non-hydrogen) atoms. The average molecular weight is 234 g/mol. The van der Waals surface area contributed by atoms with Gasteiger partial charge in [-0.05, 0) is 29.2 Å². The highest BCUT2D eigenvalue weighted by Gasteiger charge is 2.00. The van der Waals surface area contributed by atoms with Crippen molar-refractivity contribution in [3.05, 3.63) is 83.8 Å². The molecule has 0 bridgehead atoms. The molecule has 0 unspecified atom stereocenters. The van der Waals surface area contributed by atoms with Crippen LogP contribution in [0.25, 0.3) is 6.08 Å². The molecule has 2 radical (unpaired) electrons. The minimum atomic E-state index is 1.19. The van der Waals surface area contributed by atoms with Crippen LogP contribution in [0.3, 0.4) is 0 Å². The Morgan fingerprint density at radius 2 is 1.67 bits per heavy atom. The molecule has 0 N–H and O–H groups in total. The maximum atomic E-state index is 2.99. The summed E-state index contributed by atoms with van der Waals surface area (Å²) in [6.07, 6.45) is 8.73. The Kier molecular flexibility index (Phi) is 4.78. The summed E-state index contributed by atoms with van der Waals surface area (Å²) in [5.74, 6) is 0. The van der Waals surface area contributed by atoms with Crippen molar-refractivity contribution in [1.29, 1.82) is 0 Å². The van der Waals surface area contributed by atoms with Crippen LogP contribution in [0.15, 0.2) is 54.6 Å². The molecule has 0 heterocycles. The largest absolute Gasteiger partial charge is 0.0755 e. The Labute approximate surface area is 110 Å². The molecule has 3 rings (SSSR count). The number of rotatable bonds is 2. The van der Waals surface area contributed by atoms with Gasteiger partial charge in [-0.1, -0.05) is 74.0 Å². The molecule has 0 nitrogen and oxygen atoms in total. The molecule has 90 valence electrons. The molecule has 0 fully saturated rings. The van der Waals surface area contributed by atoms with E-state index in [0.717, 1.165) is 0 Å². The van der Waals surface area contributed by atoms with Crippen molar-refractivity contribution in [2.75, 3.05) is 0 Å². The second-order valence-corrected chi connectivity index (χ2v) is 4.31. The lowest BCUT2D eigenvalue weighted by molar-refractivity contribution is 0.922. The zero-order valence-electron chi connectivity index (χ0n) is 10.8. The van der Waals surface area contributed by atoms with E-state index >= 15 is 0 Å². The van der Waals surface area contributed by atoms with Crippen molar-refractivity contribution in [2.45, 2.75) is 19.8 Å². The molecule has 0 amide bonds. The topological polar surface area (TPSA) is 0 Å². The minimum absolute atomic E-state index is 1.19. The van der Waals surface area contributed by atoms with Crippen LogP contribution in [0.5, 0.6) is 0 Å². The fourth-order valence-corrected chi connectivity index (χ4v) is 1.95. The smallest absolute Gasteiger partial charge is 0.0131 e. The fourth-order valence-electron chi connectivity index (χ4n) is 1.95. The normalized spacial score (nSPS) is 11.6. The molecule has 2 aromatic rings. The summed E-state index contributed by atoms with van der Waals surface area (Å²) in [7, 11) is 0. The first-order valence-corrected chi connectivity index (χ1v) is 6.45. The zero-order chi connectivity index (χ0) is 12.6. The summed E-state index contributed by atoms with van der Waals surface area (Å²) >= 11 is 0. The molecule has 0 aliphatic heterocycles. The number of hydrogen-bond donors (Lipinski definition) is 0. The van der Waals surface area contributed by atoms with Gasteiger partial charge in [0.25, 0.3) is 0 Å². The molecule has 1 aliphatic carbocycles. The van der Waals surface area contributed by atoms with Gasteiger partial charge < -0.3 is 0 Å². The first-order valence-electron chi connectivity index (χ1n) is 6.45. The first kappa shape index (κ1) is 12.6. The van der Waals surface area contributed by atoms with Crippen LogP contribution in [0.1, 0.15) is 30.0 Å². The number of hydrogen-bond acceptors (Lipinski definition) is 0. The number of aryl methyl sites for hydroxylation is 1. The standard InChI is InChI=1S/C9H7.C9H11/c1-2-5-9-7-3-6-8(9)4-1;1-2-6-9-7-4-3-5-8-9/h1-7H;4-5,7-8H,2,6H2,1H3. The van der Waals surface area contributed by atoms with Gasteiger partial charge in [-0.25, -0.2) is 0 Å². The molecule has 0 spiro atoms. The third kappa shape index (κ3) is 3.59. The van der Waals surface area contributed by atoms with Gasteiger partial charge in [0.2, 0.25) is 0 Å². The van der Waals surface area contributed by atoms with Crippen molar-refractivity contribution >= 4 is 6.08 Å². The lowest BCUT2D eigenvalue weighted by Gasteiger charge is -1.93. The van der Waals surface area contributed by atoms with E-state index < -0.39 is 0 Å². The van der Waals surface area contributed by atoms with Gasteiger partial charge in [0.15, 0.2) is 0 Å². The molecule has 0 aromatic heterocycles. The molecular formula is C18H18. The van der Waals surface area contributed by atoms with Gasteiger partial charge >= 0.3 is 0 Å². The zero-order valence-corrected chi connectivity index (χ0v) is 10.8. The van der Waals surface area contributed by atoms with E-state index in [0.29, 0.717) is 0 Å². The highest BCUT2D eigenvalue weighted by molar-refractivity contribution is 5.64. The van der Waals surface area contributed by atoms with Gasteiger partial charge in [0.1, 0.15) is 0 Å². The number of benzene rings is 2. The summed E-state index contributed by atoms with van der Waals surface area (Å²) < 4.78 is 0. The van der Waals surface area contributed by atoms with Crippen LogP contribution in [-0.2, 0) is 6.42 Å². The molecular weight excluding hydrogens is 216 g/mol. The third-order valence-corrected chi connectivity index (χ3v) is 2.87. The third-order valence-electron chi connectivity index (χ3n) is 2.87. The molecule has 1 aliphatic rings. The van der Waals surface area contributed by atoms with Crippen molar-refractivity contribution in [3.8, 4) is 0 Å². The second-order valence-electron chi connectivity index (χ2n) is 4.31. The van der Waals surface area contributed by atoms with E-state index in [2.05, 4.69) is 68.0 Å². The molecule has 0 atom stereocenters. The summed E-state index contributed by atoms with van der Waals surface area (Å²) in [6.45, 7) is 2.19. The van der Waals surface area contributed by atoms with Crippen LogP contribution in [0.4, 0.5) is 0 Å². The van der Waals surface area contributed by atoms with E-state index in [4.69, 9.17) is 0 Å². The van der Waals surface area contributed by atoms with E-state index in [1.165, 1.54) is 29.5 Å². The second kappa shape index (κ2) is 6.80. The molecule has 2 aromatic carbocycles. The van der Waals surface area contributed by atoms with Crippen molar-refractivity contribution in [1.82, 2.24) is 0 Å². The summed E-state index contributed by atoms with van der Waals surface area (Å²) in [5, 5.41) is 0. The molecule has 0 heteroatoms. The van der Waals surface area contributed by atoms with E-state index in [1.807, 2.05) is 12.1 Å². The van der Waals surface area contributed by atoms with Gasteiger partial charge in [-0.3, -0.25) is 0 Å². The Bertz CT molecular complexity index is 494. The van der Waals surface area contributed by atoms with E-state index in [9.17, 15) is 0 Å². The quantitative estimate of drug-likeness (QED) is 0.706. The SMILES string of the molecule is CCCc1cc[c]cc1.[CH]1C=Cc2ccccc21. The fraction of sp³-hybridized carbons (Fsp3) is 0.167. The average Bonchev–Trinajstić information content (AvgIpc) is 2.89. The van der Waals surface area contributed by atoms with E-state index in [1.54, 1.807) is 0 Å². The lowest BCUT2D eigenvalue weighted by Crippen LogP contribution is -1.79. The number of allylic oxidation sites excluding steroid dienone is 1. The summed E-state index contributed by atoms with van der Waals surface area (Å²) in [6, 6.07) is 19.5. The highest BCUT2D eigenvalue weighted by Crippen LogP contribution is 2.19. The van der Waals surface area contributed by atoms with Gasteiger partial charge in [-0.2, -0.15) is 0 Å². The predicted molar refractivity (Wildman–Crippen MR) is 78.2 cm³/mol. The summed E-state index contributed by atoms with van der Waals surface area (Å²) in [5.41, 5.74) is 4.08. The first-order chi connectivity index (χ1) is 8.90. The Morgan fingerprint density at radius 1 is 0.944 bits per heavy atom. The maximum Gasteiger partial charge on any atom is 0.0131 e. The van der Waals surface area contributed by atoms with Crippen LogP contribution in [0.2, 0.25) is 0 Å². The predicted octanol–water partition coefficient (Wildman–Crippen LogP) is 4.71. The number of fused-ring (bicyclic) bond motifs is 1. The Balaban J connectivity index is 0.000000134. The van der Waals surface area contributed by atoms with Gasteiger partial charge in [-0.15, -0.1) is 0 Å². The van der Waals surface area contributed by atoms with Crippen molar-refractivity contribution in [3.63, 3.8) is 0 Å². The Morgan fingerprint density at radius 3 is 2.33 bits per heavy atom. The van der Waals surface area contributed by atoms with Crippen molar-refractivity contribution < 1.29 is 0 Å². The maximum absolute atomic E-state index is 2.99. The van der Waals surface area contributed by atoms with Gasteiger partial charge in [0, 0.05) is 6.42 Å². The summed E-state index contributed by atoms with van der Waals surface area (Å²) in [4.78, 5) is 0.